The number of carbonyl (C=O) groups excluding carboxylic acids is 1. The van der Waals surface area contributed by atoms with E-state index in [1.54, 1.807) is 24.3 Å². The fraction of sp³-hybridized carbons (Fsp3) is 0. The molecule has 0 unspecified atom stereocenters. The number of aromatic hydroxyl groups is 1. The molecule has 26 heavy (non-hydrogen) atoms. The minimum atomic E-state index is -4.08. The molecule has 0 fully saturated rings. The summed E-state index contributed by atoms with van der Waals surface area (Å²) in [5.74, 6) is 0.322. The Labute approximate surface area is 153 Å². The third kappa shape index (κ3) is 11.4. The molecule has 0 saturated heterocycles. The zero-order valence-electron chi connectivity index (χ0n) is 14.0. The predicted octanol–water partition coefficient (Wildman–Crippen LogP) is 3.41. The second-order valence-electron chi connectivity index (χ2n) is 4.53. The van der Waals surface area contributed by atoms with Gasteiger partial charge in [0.05, 0.1) is 4.90 Å². The summed E-state index contributed by atoms with van der Waals surface area (Å²) in [6.45, 7) is 2.00. The van der Waals surface area contributed by atoms with E-state index in [1.807, 2.05) is 49.3 Å². The Bertz CT molecular complexity index is 781. The first-order chi connectivity index (χ1) is 12.4. The highest BCUT2D eigenvalue weighted by Crippen LogP contribution is 2.10. The van der Waals surface area contributed by atoms with Crippen molar-refractivity contribution in [2.45, 2.75) is 4.90 Å². The number of rotatable bonds is 1. The largest absolute Gasteiger partial charge is 0.508 e. The van der Waals surface area contributed by atoms with Gasteiger partial charge in [-0.15, -0.1) is 0 Å². The summed E-state index contributed by atoms with van der Waals surface area (Å²) < 4.78 is 29.4. The molecule has 3 rings (SSSR count). The van der Waals surface area contributed by atoms with Gasteiger partial charge in [-0.1, -0.05) is 54.6 Å². The van der Waals surface area contributed by atoms with E-state index < -0.39 is 10.1 Å². The van der Waals surface area contributed by atoms with Gasteiger partial charge in [-0.25, -0.2) is 0 Å². The van der Waals surface area contributed by atoms with Crippen molar-refractivity contribution in [2.24, 2.45) is 0 Å². The number of para-hydroxylation sites is 1. The van der Waals surface area contributed by atoms with Crippen LogP contribution in [0, 0.1) is 0 Å². The second kappa shape index (κ2) is 13.2. The Morgan fingerprint density at radius 1 is 0.692 bits per heavy atom. The van der Waals surface area contributed by atoms with E-state index in [0.29, 0.717) is 11.4 Å². The maximum absolute atomic E-state index is 10.5. The smallest absolute Gasteiger partial charge is 0.294 e. The Balaban J connectivity index is 0.000000361. The number of phenolic OH excluding ortho intramolecular Hbond substituents is 1. The third-order valence-corrected chi connectivity index (χ3v) is 3.47. The minimum Gasteiger partial charge on any atom is -0.508 e. The molecule has 3 aromatic carbocycles. The van der Waals surface area contributed by atoms with Crippen LogP contribution in [0.2, 0.25) is 0 Å². The van der Waals surface area contributed by atoms with Gasteiger partial charge in [0.1, 0.15) is 12.5 Å². The molecule has 0 spiro atoms. The average molecular weight is 375 g/mol. The second-order valence-corrected chi connectivity index (χ2v) is 5.96. The predicted molar refractivity (Wildman–Crippen MR) is 102 cm³/mol. The Hall–Kier alpha value is -3.16. The standard InChI is InChI=1S/C6H7NO3S.C6H6O.C6H6.CH2O/c7-5-1-3-6(4-2-5)11(8,9)10;7-6-4-2-1-3-5-6;1-2-4-6-5-3-1;1-2/h1-4H,7H2,(H,8,9,10);1-5,7H;1-6H;1H2. The van der Waals surface area contributed by atoms with Crippen LogP contribution in [0.25, 0.3) is 0 Å². The molecular weight excluding hydrogens is 354 g/mol. The van der Waals surface area contributed by atoms with Gasteiger partial charge < -0.3 is 15.6 Å². The van der Waals surface area contributed by atoms with Gasteiger partial charge >= 0.3 is 0 Å². The van der Waals surface area contributed by atoms with Crippen LogP contribution in [-0.4, -0.2) is 24.9 Å². The Kier molecular flexibility index (Phi) is 11.6. The first kappa shape index (κ1) is 22.8. The van der Waals surface area contributed by atoms with E-state index in [-0.39, 0.29) is 4.90 Å². The van der Waals surface area contributed by atoms with Crippen LogP contribution in [0.5, 0.6) is 5.75 Å². The van der Waals surface area contributed by atoms with Crippen molar-refractivity contribution in [2.75, 3.05) is 5.73 Å². The van der Waals surface area contributed by atoms with Crippen LogP contribution in [0.15, 0.2) is 95.9 Å². The van der Waals surface area contributed by atoms with E-state index in [2.05, 4.69) is 0 Å². The van der Waals surface area contributed by atoms with Gasteiger partial charge in [0, 0.05) is 5.69 Å². The maximum Gasteiger partial charge on any atom is 0.294 e. The number of nitrogens with two attached hydrogens (primary N) is 1. The summed E-state index contributed by atoms with van der Waals surface area (Å²) >= 11 is 0. The lowest BCUT2D eigenvalue weighted by atomic mass is 10.3. The molecule has 6 nitrogen and oxygen atoms in total. The van der Waals surface area contributed by atoms with E-state index >= 15 is 0 Å². The Morgan fingerprint density at radius 3 is 1.31 bits per heavy atom. The van der Waals surface area contributed by atoms with Crippen LogP contribution in [0.1, 0.15) is 0 Å². The van der Waals surface area contributed by atoms with Gasteiger partial charge in [-0.05, 0) is 36.4 Å². The van der Waals surface area contributed by atoms with Crippen LogP contribution in [0.3, 0.4) is 0 Å². The van der Waals surface area contributed by atoms with Crippen molar-refractivity contribution in [3.63, 3.8) is 0 Å². The summed E-state index contributed by atoms with van der Waals surface area (Å²) in [7, 11) is -4.08. The molecule has 3 aromatic rings. The van der Waals surface area contributed by atoms with Gasteiger partial charge in [0.2, 0.25) is 0 Å². The average Bonchev–Trinajstić information content (AvgIpc) is 2.66. The molecule has 4 N–H and O–H groups in total. The SMILES string of the molecule is C=O.Nc1ccc(S(=O)(=O)O)cc1.Oc1ccccc1.c1ccccc1. The van der Waals surface area contributed by atoms with Crippen molar-refractivity contribution >= 4 is 22.6 Å². The number of benzene rings is 3. The molecule has 0 radical (unpaired) electrons. The number of hydrogen-bond donors (Lipinski definition) is 3. The molecule has 0 bridgehead atoms. The van der Waals surface area contributed by atoms with Crippen molar-refractivity contribution in [3.8, 4) is 5.75 Å². The van der Waals surface area contributed by atoms with Crippen LogP contribution < -0.4 is 5.73 Å². The molecule has 138 valence electrons. The summed E-state index contributed by atoms with van der Waals surface area (Å²) in [5, 5.41) is 8.63. The Morgan fingerprint density at radius 2 is 1.04 bits per heavy atom. The van der Waals surface area contributed by atoms with Crippen molar-refractivity contribution < 1.29 is 22.9 Å². The first-order valence-corrected chi connectivity index (χ1v) is 8.69. The molecule has 7 heteroatoms. The fourth-order valence-corrected chi connectivity index (χ4v) is 1.93. The lowest BCUT2D eigenvalue weighted by Gasteiger charge is -1.95. The first-order valence-electron chi connectivity index (χ1n) is 7.25. The van der Waals surface area contributed by atoms with E-state index in [1.165, 1.54) is 24.3 Å². The third-order valence-electron chi connectivity index (χ3n) is 2.60. The number of carbonyl (C=O) groups is 1. The molecule has 0 aromatic heterocycles. The quantitative estimate of drug-likeness (QED) is 0.443. The fourth-order valence-electron chi connectivity index (χ4n) is 1.45. The highest BCUT2D eigenvalue weighted by atomic mass is 32.2. The summed E-state index contributed by atoms with van der Waals surface area (Å²) in [6, 6.07) is 26.0. The van der Waals surface area contributed by atoms with Crippen LogP contribution >= 0.6 is 0 Å². The lowest BCUT2D eigenvalue weighted by Crippen LogP contribution is -1.97. The normalized spacial score (nSPS) is 9.12. The van der Waals surface area contributed by atoms with Gasteiger partial charge in [-0.2, -0.15) is 8.42 Å². The zero-order valence-corrected chi connectivity index (χ0v) is 14.8. The number of phenols is 1. The molecule has 0 heterocycles. The van der Waals surface area contributed by atoms with E-state index in [0.717, 1.165) is 0 Å². The molecule has 0 saturated carbocycles. The van der Waals surface area contributed by atoms with Gasteiger partial charge in [0.15, 0.2) is 0 Å². The van der Waals surface area contributed by atoms with Crippen molar-refractivity contribution in [1.82, 2.24) is 0 Å². The maximum atomic E-state index is 10.5. The molecule has 0 aliphatic rings. The summed E-state index contributed by atoms with van der Waals surface area (Å²) in [4.78, 5) is 7.85. The van der Waals surface area contributed by atoms with Crippen LogP contribution in [-0.2, 0) is 14.9 Å². The number of hydrogen-bond acceptors (Lipinski definition) is 5. The molecule has 0 aliphatic carbocycles. The van der Waals surface area contributed by atoms with Crippen LogP contribution in [0.4, 0.5) is 5.69 Å². The molecule has 0 aliphatic heterocycles. The molecule has 0 amide bonds. The lowest BCUT2D eigenvalue weighted by molar-refractivity contribution is -0.0980. The van der Waals surface area contributed by atoms with Gasteiger partial charge in [0.25, 0.3) is 10.1 Å². The number of nitrogen functional groups attached to an aromatic ring is 1. The molecule has 0 atom stereocenters. The topological polar surface area (TPSA) is 118 Å². The van der Waals surface area contributed by atoms with Gasteiger partial charge in [-0.3, -0.25) is 4.55 Å². The monoisotopic (exact) mass is 375 g/mol. The molecular formula is C19H21NO5S. The van der Waals surface area contributed by atoms with Crippen molar-refractivity contribution in [1.29, 1.82) is 0 Å². The minimum absolute atomic E-state index is 0.147. The highest BCUT2D eigenvalue weighted by molar-refractivity contribution is 7.85. The summed E-state index contributed by atoms with van der Waals surface area (Å²) in [6.07, 6.45) is 0. The zero-order chi connectivity index (χ0) is 19.8. The summed E-state index contributed by atoms with van der Waals surface area (Å²) in [5.41, 5.74) is 5.75. The van der Waals surface area contributed by atoms with E-state index in [9.17, 15) is 8.42 Å². The van der Waals surface area contributed by atoms with E-state index in [4.69, 9.17) is 20.2 Å². The number of anilines is 1. The highest BCUT2D eigenvalue weighted by Gasteiger charge is 2.06. The van der Waals surface area contributed by atoms with Crippen molar-refractivity contribution in [3.05, 3.63) is 91.0 Å².